The minimum atomic E-state index is -4.14. The number of aromatic amines is 1. The third kappa shape index (κ3) is 8.05. The summed E-state index contributed by atoms with van der Waals surface area (Å²) in [4.78, 5) is 38.1. The van der Waals surface area contributed by atoms with Crippen LogP contribution in [0.5, 0.6) is 0 Å². The van der Waals surface area contributed by atoms with Gasteiger partial charge < -0.3 is 22.6 Å². The molecule has 16 heteroatoms. The van der Waals surface area contributed by atoms with E-state index in [9.17, 15) is 9.59 Å². The Morgan fingerprint density at radius 1 is 0.946 bits per heavy atom. The van der Waals surface area contributed by atoms with Crippen molar-refractivity contribution in [2.24, 2.45) is 0 Å². The Kier molecular flexibility index (Phi) is 12.2. The first-order chi connectivity index (χ1) is 26.6. The fourth-order valence-corrected chi connectivity index (χ4v) is 16.7. The number of nitrogens with one attached hydrogen (secondary N) is 2. The number of fused-ring (bicyclic) bond motifs is 1. The van der Waals surface area contributed by atoms with Crippen molar-refractivity contribution < 1.29 is 32.0 Å². The molecular formula is C40H52N5O8PSi2. The highest BCUT2D eigenvalue weighted by atomic mass is 31.2. The predicted molar refractivity (Wildman–Crippen MR) is 223 cm³/mol. The number of benzene rings is 3. The second-order valence-electron chi connectivity index (χ2n) is 15.7. The van der Waals surface area contributed by atoms with Crippen LogP contribution >= 0.6 is 7.60 Å². The number of aromatic nitrogens is 4. The van der Waals surface area contributed by atoms with Crippen molar-refractivity contribution in [3.8, 4) is 0 Å². The Morgan fingerprint density at radius 2 is 1.50 bits per heavy atom. The fraction of sp³-hybridized carbons (Fsp3) is 0.400. The van der Waals surface area contributed by atoms with Gasteiger partial charge in [-0.1, -0.05) is 99.6 Å². The van der Waals surface area contributed by atoms with Crippen molar-refractivity contribution in [2.75, 3.05) is 25.1 Å². The summed E-state index contributed by atoms with van der Waals surface area (Å²) in [6.45, 7) is 16.3. The minimum absolute atomic E-state index is 0.00499. The van der Waals surface area contributed by atoms with Crippen molar-refractivity contribution in [2.45, 2.75) is 83.4 Å². The standard InChI is InChI=1S/C40H52N5O8PSi2/c1-9-49-54(48,50-10-2)40(53-55(6,7)8)26-33(45-28-41-34-35(45)42-38(44-37(34)47)43-36(46)29-20-14-11-15-21-29)52-32(40)27-51-56(39(3,4)5,30-22-16-12-17-23-30)31-24-18-13-19-25-31/h11-25,28,32-33H,9-10,26-27H2,1-8H3,(H2,42,43,44,46,47)/t32?,33-,40+/m1/s1. The molecule has 5 aromatic rings. The maximum absolute atomic E-state index is 15.4. The highest BCUT2D eigenvalue weighted by Crippen LogP contribution is 2.68. The molecule has 2 aromatic heterocycles. The van der Waals surface area contributed by atoms with E-state index < -0.39 is 53.4 Å². The Morgan fingerprint density at radius 3 is 2.02 bits per heavy atom. The molecular weight excluding hydrogens is 766 g/mol. The van der Waals surface area contributed by atoms with Crippen LogP contribution in [0.15, 0.2) is 102 Å². The average molecular weight is 818 g/mol. The molecule has 0 saturated carbocycles. The molecule has 1 aliphatic rings. The van der Waals surface area contributed by atoms with E-state index in [1.165, 1.54) is 6.33 Å². The van der Waals surface area contributed by atoms with Gasteiger partial charge in [0.05, 0.1) is 26.1 Å². The molecule has 298 valence electrons. The second-order valence-corrected chi connectivity index (χ2v) is 26.7. The smallest absolute Gasteiger partial charge is 0.364 e. The molecule has 0 aliphatic carbocycles. The lowest BCUT2D eigenvalue weighted by Gasteiger charge is -2.46. The molecule has 1 unspecified atom stereocenters. The van der Waals surface area contributed by atoms with Crippen LogP contribution in [0.3, 0.4) is 0 Å². The van der Waals surface area contributed by atoms with Gasteiger partial charge >= 0.3 is 7.60 Å². The molecule has 2 N–H and O–H groups in total. The third-order valence-corrected chi connectivity index (χ3v) is 18.6. The number of amides is 1. The first kappa shape index (κ1) is 41.6. The molecule has 1 fully saturated rings. The molecule has 0 spiro atoms. The van der Waals surface area contributed by atoms with E-state index in [4.69, 9.17) is 22.6 Å². The van der Waals surface area contributed by atoms with Gasteiger partial charge in [0, 0.05) is 12.0 Å². The van der Waals surface area contributed by atoms with Crippen molar-refractivity contribution >= 4 is 57.6 Å². The van der Waals surface area contributed by atoms with Gasteiger partial charge in [-0.3, -0.25) is 29.0 Å². The highest BCUT2D eigenvalue weighted by molar-refractivity contribution is 7.55. The minimum Gasteiger partial charge on any atom is -0.405 e. The van der Waals surface area contributed by atoms with Crippen LogP contribution in [0, 0.1) is 0 Å². The molecule has 0 bridgehead atoms. The fourth-order valence-electron chi connectivity index (χ4n) is 7.56. The van der Waals surface area contributed by atoms with Crippen molar-refractivity contribution in [1.29, 1.82) is 0 Å². The number of carbonyl (C=O) groups excluding carboxylic acids is 1. The van der Waals surface area contributed by atoms with Crippen LogP contribution in [0.4, 0.5) is 5.95 Å². The lowest BCUT2D eigenvalue weighted by atomic mass is 10.2. The predicted octanol–water partition coefficient (Wildman–Crippen LogP) is 7.05. The lowest BCUT2D eigenvalue weighted by Crippen LogP contribution is -2.67. The van der Waals surface area contributed by atoms with Crippen LogP contribution in [-0.4, -0.2) is 73.3 Å². The largest absolute Gasteiger partial charge is 0.405 e. The summed E-state index contributed by atoms with van der Waals surface area (Å²) in [5.74, 6) is -0.518. The molecule has 56 heavy (non-hydrogen) atoms. The number of hydrogen-bond acceptors (Lipinski definition) is 10. The van der Waals surface area contributed by atoms with Gasteiger partial charge in [0.25, 0.3) is 19.8 Å². The Balaban J connectivity index is 1.49. The highest BCUT2D eigenvalue weighted by Gasteiger charge is 2.66. The zero-order valence-electron chi connectivity index (χ0n) is 33.3. The summed E-state index contributed by atoms with van der Waals surface area (Å²) in [6, 6.07) is 29.1. The molecule has 13 nitrogen and oxygen atoms in total. The number of hydrogen-bond donors (Lipinski definition) is 2. The molecule has 3 aromatic carbocycles. The van der Waals surface area contributed by atoms with Crippen LogP contribution < -0.4 is 21.2 Å². The quantitative estimate of drug-likeness (QED) is 0.0830. The molecule has 3 heterocycles. The average Bonchev–Trinajstić information content (AvgIpc) is 3.74. The van der Waals surface area contributed by atoms with E-state index in [0.717, 1.165) is 10.4 Å². The number of carbonyl (C=O) groups is 1. The Bertz CT molecular complexity index is 2180. The van der Waals surface area contributed by atoms with Crippen LogP contribution in [0.1, 0.15) is 57.6 Å². The number of ether oxygens (including phenoxy) is 1. The van der Waals surface area contributed by atoms with Crippen molar-refractivity contribution in [3.05, 3.63) is 113 Å². The molecule has 1 saturated heterocycles. The summed E-state index contributed by atoms with van der Waals surface area (Å²) in [5.41, 5.74) is 0.0242. The molecule has 0 radical (unpaired) electrons. The molecule has 3 atom stereocenters. The maximum atomic E-state index is 15.4. The normalized spacial score (nSPS) is 19.4. The topological polar surface area (TPSA) is 156 Å². The Labute approximate surface area is 329 Å². The van der Waals surface area contributed by atoms with Gasteiger partial charge in [0.15, 0.2) is 24.8 Å². The van der Waals surface area contributed by atoms with Crippen molar-refractivity contribution in [3.63, 3.8) is 0 Å². The number of rotatable bonds is 15. The SMILES string of the molecule is CCOP(=O)(OCC)[C@@]1(O[Si](C)(C)C)C[C@H](n2cnc3c(=O)[nH]c(NC(=O)c4ccccc4)nc32)OC1CO[Si](c1ccccc1)(c1ccccc1)C(C)(C)C. The van der Waals surface area contributed by atoms with Gasteiger partial charge in [-0.25, -0.2) is 4.98 Å². The van der Waals surface area contributed by atoms with Crippen LogP contribution in [0.25, 0.3) is 11.2 Å². The lowest BCUT2D eigenvalue weighted by molar-refractivity contribution is -0.0539. The molecule has 1 aliphatic heterocycles. The summed E-state index contributed by atoms with van der Waals surface area (Å²) in [6.07, 6.45) is -0.446. The Hall–Kier alpha value is -4.06. The van der Waals surface area contributed by atoms with Gasteiger partial charge in [0.2, 0.25) is 5.95 Å². The number of H-pyrrole nitrogens is 1. The molecule has 1 amide bonds. The van der Waals surface area contributed by atoms with E-state index in [1.54, 1.807) is 48.7 Å². The summed E-state index contributed by atoms with van der Waals surface area (Å²) >= 11 is 0. The summed E-state index contributed by atoms with van der Waals surface area (Å²) in [7, 11) is -9.86. The zero-order valence-corrected chi connectivity index (χ0v) is 36.2. The van der Waals surface area contributed by atoms with E-state index >= 15 is 4.57 Å². The van der Waals surface area contributed by atoms with E-state index in [0.29, 0.717) is 5.56 Å². The monoisotopic (exact) mass is 817 g/mol. The number of nitrogens with zero attached hydrogens (tertiary/aromatic N) is 3. The van der Waals surface area contributed by atoms with Gasteiger partial charge in [-0.05, 0) is 61.0 Å². The van der Waals surface area contributed by atoms with Crippen molar-refractivity contribution in [1.82, 2.24) is 19.5 Å². The first-order valence-electron chi connectivity index (χ1n) is 18.9. The van der Waals surface area contributed by atoms with Crippen LogP contribution in [-0.2, 0) is 27.2 Å². The van der Waals surface area contributed by atoms with Gasteiger partial charge in [-0.15, -0.1) is 0 Å². The summed E-state index contributed by atoms with van der Waals surface area (Å²) in [5, 5.41) is 2.81. The van der Waals surface area contributed by atoms with E-state index in [-0.39, 0.29) is 48.4 Å². The van der Waals surface area contributed by atoms with E-state index in [2.05, 4.69) is 65.3 Å². The number of imidazole rings is 1. The third-order valence-electron chi connectivity index (χ3n) is 9.71. The first-order valence-corrected chi connectivity index (χ1v) is 25.8. The van der Waals surface area contributed by atoms with E-state index in [1.807, 2.05) is 56.0 Å². The van der Waals surface area contributed by atoms with Gasteiger partial charge in [0.1, 0.15) is 12.3 Å². The second kappa shape index (κ2) is 16.4. The van der Waals surface area contributed by atoms with Crippen LogP contribution in [0.2, 0.25) is 24.7 Å². The number of anilines is 1. The molecule has 6 rings (SSSR count). The summed E-state index contributed by atoms with van der Waals surface area (Å²) < 4.78 is 50.8. The maximum Gasteiger partial charge on any atom is 0.364 e. The zero-order chi connectivity index (χ0) is 40.4. The van der Waals surface area contributed by atoms with Gasteiger partial charge in [-0.2, -0.15) is 4.98 Å².